The van der Waals surface area contributed by atoms with Crippen molar-refractivity contribution in [2.24, 2.45) is 11.8 Å². The molecule has 0 saturated heterocycles. The highest BCUT2D eigenvalue weighted by molar-refractivity contribution is 4.71. The van der Waals surface area contributed by atoms with E-state index in [2.05, 4.69) is 27.4 Å². The molecule has 0 aliphatic rings. The minimum Gasteiger partial charge on any atom is -0.103 e. The van der Waals surface area contributed by atoms with Gasteiger partial charge in [0.2, 0.25) is 0 Å². The van der Waals surface area contributed by atoms with Crippen molar-refractivity contribution in [2.45, 2.75) is 26.7 Å². The normalized spacial score (nSPS) is 13.8. The summed E-state index contributed by atoms with van der Waals surface area (Å²) >= 11 is 0. The zero-order chi connectivity index (χ0) is 7.28. The third-order valence-corrected chi connectivity index (χ3v) is 1.80. The van der Waals surface area contributed by atoms with Gasteiger partial charge in [0, 0.05) is 0 Å². The molecule has 2 unspecified atom stereocenters. The maximum Gasteiger partial charge on any atom is -0.0351 e. The number of hydrogen-bond donors (Lipinski definition) is 0. The van der Waals surface area contributed by atoms with Gasteiger partial charge in [-0.15, -0.1) is 6.58 Å². The quantitative estimate of drug-likeness (QED) is 0.506. The predicted octanol–water partition coefficient (Wildman–Crippen LogP) is 3.06. The van der Waals surface area contributed by atoms with E-state index in [1.54, 1.807) is 0 Å². The molecule has 0 amide bonds. The van der Waals surface area contributed by atoms with Crippen LogP contribution in [0.15, 0.2) is 12.7 Å². The number of rotatable bonds is 4. The van der Waals surface area contributed by atoms with Gasteiger partial charge in [-0.3, -0.25) is 0 Å². The summed E-state index contributed by atoms with van der Waals surface area (Å²) in [5.74, 6) is 1.31. The lowest BCUT2D eigenvalue weighted by Crippen LogP contribution is -2.02. The molecule has 0 aromatic heterocycles. The summed E-state index contributed by atoms with van der Waals surface area (Å²) in [4.78, 5) is 0. The summed E-state index contributed by atoms with van der Waals surface area (Å²) in [7, 11) is 0. The second-order valence-electron chi connectivity index (χ2n) is 2.82. The average Bonchev–Trinajstić information content (AvgIpc) is 1.82. The van der Waals surface area contributed by atoms with E-state index >= 15 is 0 Å². The van der Waals surface area contributed by atoms with Gasteiger partial charge in [-0.1, -0.05) is 26.8 Å². The maximum absolute atomic E-state index is 3.96. The minimum atomic E-state index is 0.574. The molecule has 0 aliphatic heterocycles. The Balaban J connectivity index is 3.26. The Labute approximate surface area is 59.0 Å². The van der Waals surface area contributed by atoms with Crippen molar-refractivity contribution in [1.82, 2.24) is 0 Å². The standard InChI is InChI=1S/C9H17/c1-5-6-7-9(4)8(2)3/h5,8-9H,1-2,6-7H2,3-4H3. The molecule has 0 fully saturated rings. The SMILES string of the molecule is [CH2]C(C)C(C)CCC=C. The number of hydrogen-bond acceptors (Lipinski definition) is 0. The lowest BCUT2D eigenvalue weighted by atomic mass is 9.93. The van der Waals surface area contributed by atoms with Crippen molar-refractivity contribution in [1.29, 1.82) is 0 Å². The molecular weight excluding hydrogens is 108 g/mol. The lowest BCUT2D eigenvalue weighted by Gasteiger charge is -2.12. The molecule has 1 radical (unpaired) electrons. The topological polar surface area (TPSA) is 0 Å². The second kappa shape index (κ2) is 4.60. The molecule has 0 spiro atoms. The highest BCUT2D eigenvalue weighted by atomic mass is 14.1. The Bertz CT molecular complexity index is 72.1. The van der Waals surface area contributed by atoms with Gasteiger partial charge in [0.25, 0.3) is 0 Å². The minimum absolute atomic E-state index is 0.574. The van der Waals surface area contributed by atoms with E-state index in [4.69, 9.17) is 0 Å². The molecule has 0 N–H and O–H groups in total. The molecule has 0 heteroatoms. The van der Waals surface area contributed by atoms with E-state index in [-0.39, 0.29) is 0 Å². The van der Waals surface area contributed by atoms with Gasteiger partial charge < -0.3 is 0 Å². The lowest BCUT2D eigenvalue weighted by molar-refractivity contribution is 0.429. The largest absolute Gasteiger partial charge is 0.103 e. The summed E-state index contributed by atoms with van der Waals surface area (Å²) < 4.78 is 0. The van der Waals surface area contributed by atoms with E-state index in [1.807, 2.05) is 6.08 Å². The highest BCUT2D eigenvalue weighted by Crippen LogP contribution is 2.15. The van der Waals surface area contributed by atoms with E-state index in [0.29, 0.717) is 5.92 Å². The third-order valence-electron chi connectivity index (χ3n) is 1.80. The van der Waals surface area contributed by atoms with Crippen LogP contribution in [0.2, 0.25) is 0 Å². The third kappa shape index (κ3) is 4.26. The van der Waals surface area contributed by atoms with Crippen LogP contribution in [0.5, 0.6) is 0 Å². The fraction of sp³-hybridized carbons (Fsp3) is 0.667. The molecular formula is C9H17. The second-order valence-corrected chi connectivity index (χ2v) is 2.82. The molecule has 0 aliphatic carbocycles. The number of allylic oxidation sites excluding steroid dienone is 1. The first-order valence-corrected chi connectivity index (χ1v) is 3.62. The summed E-state index contributed by atoms with van der Waals surface area (Å²) in [6, 6.07) is 0. The molecule has 0 rings (SSSR count). The Morgan fingerprint density at radius 3 is 2.33 bits per heavy atom. The van der Waals surface area contributed by atoms with Gasteiger partial charge in [-0.25, -0.2) is 0 Å². The van der Waals surface area contributed by atoms with Crippen LogP contribution in [0.4, 0.5) is 0 Å². The van der Waals surface area contributed by atoms with Gasteiger partial charge in [0.05, 0.1) is 0 Å². The predicted molar refractivity (Wildman–Crippen MR) is 43.1 cm³/mol. The molecule has 2 atom stereocenters. The summed E-state index contributed by atoms with van der Waals surface area (Å²) in [5, 5.41) is 0. The van der Waals surface area contributed by atoms with Crippen LogP contribution in [-0.2, 0) is 0 Å². The first-order valence-electron chi connectivity index (χ1n) is 3.62. The van der Waals surface area contributed by atoms with Gasteiger partial charge in [0.1, 0.15) is 0 Å². The fourth-order valence-corrected chi connectivity index (χ4v) is 0.665. The molecule has 53 valence electrons. The first-order chi connectivity index (χ1) is 4.18. The summed E-state index contributed by atoms with van der Waals surface area (Å²) in [5.41, 5.74) is 0. The van der Waals surface area contributed by atoms with Crippen LogP contribution in [0.25, 0.3) is 0 Å². The Morgan fingerprint density at radius 1 is 1.44 bits per heavy atom. The highest BCUT2D eigenvalue weighted by Gasteiger charge is 2.04. The zero-order valence-corrected chi connectivity index (χ0v) is 6.56. The van der Waals surface area contributed by atoms with Crippen LogP contribution < -0.4 is 0 Å². The smallest absolute Gasteiger partial charge is 0.0351 e. The Morgan fingerprint density at radius 2 is 2.00 bits per heavy atom. The van der Waals surface area contributed by atoms with E-state index in [0.717, 1.165) is 12.3 Å². The van der Waals surface area contributed by atoms with Crippen molar-refractivity contribution >= 4 is 0 Å². The summed E-state index contributed by atoms with van der Waals surface area (Å²) in [6.07, 6.45) is 4.33. The average molecular weight is 125 g/mol. The zero-order valence-electron chi connectivity index (χ0n) is 6.56. The molecule has 9 heavy (non-hydrogen) atoms. The van der Waals surface area contributed by atoms with E-state index in [9.17, 15) is 0 Å². The first kappa shape index (κ1) is 8.74. The summed E-state index contributed by atoms with van der Waals surface area (Å²) in [6.45, 7) is 12.0. The van der Waals surface area contributed by atoms with Gasteiger partial charge in [0.15, 0.2) is 0 Å². The van der Waals surface area contributed by atoms with Crippen molar-refractivity contribution in [3.8, 4) is 0 Å². The van der Waals surface area contributed by atoms with Gasteiger partial charge >= 0.3 is 0 Å². The van der Waals surface area contributed by atoms with Crippen LogP contribution >= 0.6 is 0 Å². The Hall–Kier alpha value is -0.260. The van der Waals surface area contributed by atoms with Crippen LogP contribution in [0, 0.1) is 18.8 Å². The molecule has 0 heterocycles. The maximum atomic E-state index is 3.96. The monoisotopic (exact) mass is 125 g/mol. The van der Waals surface area contributed by atoms with Crippen LogP contribution in [0.3, 0.4) is 0 Å². The fourth-order valence-electron chi connectivity index (χ4n) is 0.665. The van der Waals surface area contributed by atoms with Gasteiger partial charge in [-0.05, 0) is 24.7 Å². The van der Waals surface area contributed by atoms with Crippen LogP contribution in [-0.4, -0.2) is 0 Å². The van der Waals surface area contributed by atoms with Crippen molar-refractivity contribution < 1.29 is 0 Å². The van der Waals surface area contributed by atoms with E-state index < -0.39 is 0 Å². The van der Waals surface area contributed by atoms with Crippen molar-refractivity contribution in [3.63, 3.8) is 0 Å². The Kier molecular flexibility index (Phi) is 4.47. The van der Waals surface area contributed by atoms with Crippen molar-refractivity contribution in [3.05, 3.63) is 19.6 Å². The molecule has 0 nitrogen and oxygen atoms in total. The van der Waals surface area contributed by atoms with Crippen molar-refractivity contribution in [2.75, 3.05) is 0 Å². The van der Waals surface area contributed by atoms with E-state index in [1.165, 1.54) is 6.42 Å². The molecule has 0 saturated carbocycles. The molecule has 0 aromatic rings. The van der Waals surface area contributed by atoms with Crippen LogP contribution in [0.1, 0.15) is 26.7 Å². The van der Waals surface area contributed by atoms with Gasteiger partial charge in [-0.2, -0.15) is 0 Å². The molecule has 0 bridgehead atoms. The molecule has 0 aromatic carbocycles.